The minimum atomic E-state index is -0.741. The summed E-state index contributed by atoms with van der Waals surface area (Å²) in [4.78, 5) is 10.8. The number of rotatable bonds is 3. The van der Waals surface area contributed by atoms with Gasteiger partial charge in [-0.2, -0.15) is 0 Å². The fraction of sp³-hybridized carbons (Fsp3) is 0.875. The van der Waals surface area contributed by atoms with Crippen molar-refractivity contribution in [2.24, 2.45) is 11.8 Å². The fourth-order valence-corrected chi connectivity index (χ4v) is 1.58. The van der Waals surface area contributed by atoms with E-state index >= 15 is 0 Å². The smallest absolute Gasteiger partial charge is 0.323 e. The Morgan fingerprint density at radius 3 is 2.27 bits per heavy atom. The molecule has 0 aliphatic heterocycles. The molecule has 3 heteroatoms. The first-order valence-electron chi connectivity index (χ1n) is 3.94. The summed E-state index contributed by atoms with van der Waals surface area (Å²) < 4.78 is 0. The lowest BCUT2D eigenvalue weighted by molar-refractivity contribution is -0.145. The third kappa shape index (κ3) is 1.25. The zero-order chi connectivity index (χ0) is 8.65. The third-order valence-electron chi connectivity index (χ3n) is 2.81. The lowest BCUT2D eigenvalue weighted by Crippen LogP contribution is -2.50. The molecule has 11 heavy (non-hydrogen) atoms. The Labute approximate surface area is 66.8 Å². The molecule has 0 aromatic rings. The van der Waals surface area contributed by atoms with Crippen LogP contribution in [0.15, 0.2) is 0 Å². The summed E-state index contributed by atoms with van der Waals surface area (Å²) in [6, 6.07) is 0. The van der Waals surface area contributed by atoms with Crippen molar-refractivity contribution >= 4 is 5.97 Å². The van der Waals surface area contributed by atoms with Gasteiger partial charge in [0.25, 0.3) is 0 Å². The average molecular weight is 157 g/mol. The number of carbonyl (C=O) groups is 1. The second kappa shape index (κ2) is 2.48. The van der Waals surface area contributed by atoms with Gasteiger partial charge in [0.1, 0.15) is 5.54 Å². The first-order chi connectivity index (χ1) is 5.02. The predicted octanol–water partition coefficient (Wildman–Crippen LogP) is 0.705. The number of nitrogens with one attached hydrogen (secondary N) is 1. The minimum Gasteiger partial charge on any atom is -0.480 e. The van der Waals surface area contributed by atoms with Gasteiger partial charge in [0.05, 0.1) is 0 Å². The van der Waals surface area contributed by atoms with Crippen LogP contribution in [0.3, 0.4) is 0 Å². The van der Waals surface area contributed by atoms with Gasteiger partial charge in [-0.25, -0.2) is 0 Å². The number of carboxylic acids is 1. The van der Waals surface area contributed by atoms with Crippen LogP contribution in [0.2, 0.25) is 0 Å². The molecule has 3 atom stereocenters. The van der Waals surface area contributed by atoms with Crippen molar-refractivity contribution in [1.29, 1.82) is 0 Å². The molecule has 0 aromatic carbocycles. The maximum atomic E-state index is 10.8. The van der Waals surface area contributed by atoms with Gasteiger partial charge in [0, 0.05) is 0 Å². The topological polar surface area (TPSA) is 49.3 Å². The molecule has 64 valence electrons. The average Bonchev–Trinajstić information content (AvgIpc) is 2.65. The Bertz CT molecular complexity index is 181. The summed E-state index contributed by atoms with van der Waals surface area (Å²) in [5.41, 5.74) is -0.709. The van der Waals surface area contributed by atoms with E-state index in [1.807, 2.05) is 0 Å². The maximum absolute atomic E-state index is 10.8. The summed E-state index contributed by atoms with van der Waals surface area (Å²) in [6.07, 6.45) is 1.03. The minimum absolute atomic E-state index is 0.310. The van der Waals surface area contributed by atoms with E-state index < -0.39 is 11.5 Å². The van der Waals surface area contributed by atoms with E-state index in [0.717, 1.165) is 6.42 Å². The molecule has 0 aromatic heterocycles. The van der Waals surface area contributed by atoms with Crippen LogP contribution in [0.25, 0.3) is 0 Å². The standard InChI is InChI=1S/C8H15NO2/c1-5-4-6(5)8(2,9-3)7(10)11/h5-6,9H,4H2,1-3H3,(H,10,11). The molecular weight excluding hydrogens is 142 g/mol. The van der Waals surface area contributed by atoms with Crippen LogP contribution in [0.5, 0.6) is 0 Å². The van der Waals surface area contributed by atoms with Gasteiger partial charge in [-0.05, 0) is 32.2 Å². The van der Waals surface area contributed by atoms with Gasteiger partial charge in [-0.3, -0.25) is 4.79 Å². The third-order valence-corrected chi connectivity index (χ3v) is 2.81. The van der Waals surface area contributed by atoms with Crippen molar-refractivity contribution < 1.29 is 9.90 Å². The highest BCUT2D eigenvalue weighted by atomic mass is 16.4. The van der Waals surface area contributed by atoms with Crippen LogP contribution in [0.1, 0.15) is 20.3 Å². The highest BCUT2D eigenvalue weighted by Crippen LogP contribution is 2.45. The molecule has 1 fully saturated rings. The zero-order valence-corrected chi connectivity index (χ0v) is 7.22. The van der Waals surface area contributed by atoms with E-state index in [9.17, 15) is 4.79 Å². The van der Waals surface area contributed by atoms with E-state index in [1.165, 1.54) is 0 Å². The van der Waals surface area contributed by atoms with Gasteiger partial charge >= 0.3 is 5.97 Å². The molecule has 0 heterocycles. The van der Waals surface area contributed by atoms with Crippen LogP contribution in [0, 0.1) is 11.8 Å². The molecule has 3 unspecified atom stereocenters. The quantitative estimate of drug-likeness (QED) is 0.634. The highest BCUT2D eigenvalue weighted by Gasteiger charge is 2.51. The number of aliphatic carboxylic acids is 1. The summed E-state index contributed by atoms with van der Waals surface area (Å²) >= 11 is 0. The van der Waals surface area contributed by atoms with E-state index in [0.29, 0.717) is 11.8 Å². The summed E-state index contributed by atoms with van der Waals surface area (Å²) in [7, 11) is 1.71. The fourth-order valence-electron chi connectivity index (χ4n) is 1.58. The van der Waals surface area contributed by atoms with E-state index in [2.05, 4.69) is 12.2 Å². The lowest BCUT2D eigenvalue weighted by atomic mass is 9.95. The van der Waals surface area contributed by atoms with Crippen LogP contribution in [-0.4, -0.2) is 23.7 Å². The monoisotopic (exact) mass is 157 g/mol. The Kier molecular flexibility index (Phi) is 1.92. The molecule has 1 aliphatic rings. The second-order valence-electron chi connectivity index (χ2n) is 3.58. The summed E-state index contributed by atoms with van der Waals surface area (Å²) in [6.45, 7) is 3.84. The van der Waals surface area contributed by atoms with Crippen LogP contribution in [-0.2, 0) is 4.79 Å². The number of likely N-dealkylation sites (N-methyl/N-ethyl adjacent to an activating group) is 1. The second-order valence-corrected chi connectivity index (χ2v) is 3.58. The molecule has 1 rings (SSSR count). The van der Waals surface area contributed by atoms with Crippen LogP contribution >= 0.6 is 0 Å². The Balaban J connectivity index is 2.68. The molecular formula is C8H15NO2. The summed E-state index contributed by atoms with van der Waals surface area (Å²) in [5.74, 6) is 0.128. The first-order valence-corrected chi connectivity index (χ1v) is 3.94. The Hall–Kier alpha value is -0.570. The molecule has 0 radical (unpaired) electrons. The molecule has 3 nitrogen and oxygen atoms in total. The number of hydrogen-bond acceptors (Lipinski definition) is 2. The van der Waals surface area contributed by atoms with Gasteiger partial charge in [0.2, 0.25) is 0 Å². The highest BCUT2D eigenvalue weighted by molar-refractivity contribution is 5.79. The van der Waals surface area contributed by atoms with E-state index in [1.54, 1.807) is 14.0 Å². The molecule has 0 bridgehead atoms. The van der Waals surface area contributed by atoms with Crippen molar-refractivity contribution in [3.63, 3.8) is 0 Å². The molecule has 1 aliphatic carbocycles. The van der Waals surface area contributed by atoms with Crippen molar-refractivity contribution in [1.82, 2.24) is 5.32 Å². The SMILES string of the molecule is CNC(C)(C(=O)O)C1CC1C. The zero-order valence-electron chi connectivity index (χ0n) is 7.22. The summed E-state index contributed by atoms with van der Waals surface area (Å²) in [5, 5.41) is 11.8. The molecule has 0 saturated heterocycles. The van der Waals surface area contributed by atoms with Gasteiger partial charge < -0.3 is 10.4 Å². The number of hydrogen-bond donors (Lipinski definition) is 2. The van der Waals surface area contributed by atoms with Crippen molar-refractivity contribution in [3.8, 4) is 0 Å². The van der Waals surface area contributed by atoms with Gasteiger partial charge in [0.15, 0.2) is 0 Å². The number of carboxylic acid groups (broad SMARTS) is 1. The molecule has 1 saturated carbocycles. The van der Waals surface area contributed by atoms with Crippen molar-refractivity contribution in [3.05, 3.63) is 0 Å². The molecule has 0 spiro atoms. The molecule has 0 amide bonds. The van der Waals surface area contributed by atoms with Crippen LogP contribution < -0.4 is 5.32 Å². The largest absolute Gasteiger partial charge is 0.480 e. The Morgan fingerprint density at radius 2 is 2.18 bits per heavy atom. The molecule has 2 N–H and O–H groups in total. The maximum Gasteiger partial charge on any atom is 0.323 e. The normalized spacial score (nSPS) is 34.5. The van der Waals surface area contributed by atoms with Crippen molar-refractivity contribution in [2.75, 3.05) is 7.05 Å². The van der Waals surface area contributed by atoms with E-state index in [4.69, 9.17) is 5.11 Å². The van der Waals surface area contributed by atoms with Gasteiger partial charge in [-0.1, -0.05) is 6.92 Å². The van der Waals surface area contributed by atoms with Crippen molar-refractivity contribution in [2.45, 2.75) is 25.8 Å². The first kappa shape index (κ1) is 8.53. The van der Waals surface area contributed by atoms with Crippen LogP contribution in [0.4, 0.5) is 0 Å². The Morgan fingerprint density at radius 1 is 1.73 bits per heavy atom. The van der Waals surface area contributed by atoms with Gasteiger partial charge in [-0.15, -0.1) is 0 Å². The lowest BCUT2D eigenvalue weighted by Gasteiger charge is -2.24. The van der Waals surface area contributed by atoms with E-state index in [-0.39, 0.29) is 0 Å². The predicted molar refractivity (Wildman–Crippen MR) is 42.4 cm³/mol.